The van der Waals surface area contributed by atoms with Gasteiger partial charge in [0.1, 0.15) is 5.75 Å². The number of phenolic OH excluding ortho intramolecular Hbond substituents is 1. The second kappa shape index (κ2) is 8.84. The third kappa shape index (κ3) is 3.55. The van der Waals surface area contributed by atoms with E-state index in [-0.39, 0.29) is 17.4 Å². The number of aryl methyl sites for hydroxylation is 1. The van der Waals surface area contributed by atoms with Crippen molar-refractivity contribution >= 4 is 23.1 Å². The summed E-state index contributed by atoms with van der Waals surface area (Å²) in [6, 6.07) is 20.6. The molecule has 0 fully saturated rings. The van der Waals surface area contributed by atoms with Crippen LogP contribution >= 0.6 is 11.3 Å². The lowest BCUT2D eigenvalue weighted by Crippen LogP contribution is -2.39. The molecule has 0 unspecified atom stereocenters. The predicted octanol–water partition coefficient (Wildman–Crippen LogP) is 4.04. The molecule has 36 heavy (non-hydrogen) atoms. The van der Waals surface area contributed by atoms with Crippen LogP contribution in [0.1, 0.15) is 34.7 Å². The zero-order valence-electron chi connectivity index (χ0n) is 19.9. The summed E-state index contributed by atoms with van der Waals surface area (Å²) >= 11 is 1.37. The van der Waals surface area contributed by atoms with Crippen molar-refractivity contribution in [1.29, 1.82) is 0 Å². The van der Waals surface area contributed by atoms with Gasteiger partial charge >= 0.3 is 0 Å². The number of hydrogen-bond acceptors (Lipinski definition) is 6. The fourth-order valence-electron chi connectivity index (χ4n) is 5.15. The van der Waals surface area contributed by atoms with E-state index in [0.29, 0.717) is 20.8 Å². The number of allylic oxidation sites excluding steroid dienone is 1. The van der Waals surface area contributed by atoms with E-state index < -0.39 is 0 Å². The fraction of sp³-hybridized carbons (Fsp3) is 0.172. The third-order valence-corrected chi connectivity index (χ3v) is 7.77. The first-order valence-electron chi connectivity index (χ1n) is 11.7. The Labute approximate surface area is 211 Å². The molecular weight excluding hydrogens is 472 g/mol. The highest BCUT2D eigenvalue weighted by Gasteiger charge is 2.34. The summed E-state index contributed by atoms with van der Waals surface area (Å²) in [7, 11) is 3.24. The number of aromatic hydroxyl groups is 1. The van der Waals surface area contributed by atoms with Gasteiger partial charge in [0.15, 0.2) is 16.3 Å². The fourth-order valence-corrected chi connectivity index (χ4v) is 6.15. The van der Waals surface area contributed by atoms with E-state index in [9.17, 15) is 9.90 Å². The predicted molar refractivity (Wildman–Crippen MR) is 140 cm³/mol. The molecule has 2 aliphatic rings. The molecule has 6 rings (SSSR count). The standard InChI is InChI=1S/C29H24N2O4S/c1-34-23-9-5-8-22(27(23)35-2)26-21-15-12-18-6-3-4-7-20(18)25(21)30-29-31(26)28(33)24(36-29)16-17-10-13-19(32)14-11-17/h3-11,13-14,16,26,32H,12,15H2,1-2H3/b24-16-/t26-/m1/s1. The van der Waals surface area contributed by atoms with Gasteiger partial charge in [-0.1, -0.05) is 59.9 Å². The topological polar surface area (TPSA) is 73.0 Å². The van der Waals surface area contributed by atoms with Gasteiger partial charge in [0.25, 0.3) is 5.56 Å². The maximum atomic E-state index is 13.9. The van der Waals surface area contributed by atoms with Crippen molar-refractivity contribution in [3.63, 3.8) is 0 Å². The lowest BCUT2D eigenvalue weighted by Gasteiger charge is -2.31. The molecule has 1 N–H and O–H groups in total. The first kappa shape index (κ1) is 22.4. The van der Waals surface area contributed by atoms with Crippen molar-refractivity contribution in [3.05, 3.63) is 114 Å². The largest absolute Gasteiger partial charge is 0.508 e. The van der Waals surface area contributed by atoms with Crippen LogP contribution in [0.15, 0.2) is 82.1 Å². The van der Waals surface area contributed by atoms with Crippen molar-refractivity contribution in [2.45, 2.75) is 18.9 Å². The average molecular weight is 497 g/mol. The Bertz CT molecular complexity index is 1700. The van der Waals surface area contributed by atoms with E-state index >= 15 is 0 Å². The second-order valence-corrected chi connectivity index (χ2v) is 9.80. The maximum absolute atomic E-state index is 13.9. The normalized spacial score (nSPS) is 16.6. The van der Waals surface area contributed by atoms with Crippen LogP contribution in [0.2, 0.25) is 0 Å². The lowest BCUT2D eigenvalue weighted by atomic mass is 9.83. The molecule has 0 amide bonds. The molecule has 4 aromatic rings. The van der Waals surface area contributed by atoms with Crippen LogP contribution in [-0.2, 0) is 6.42 Å². The Morgan fingerprint density at radius 3 is 2.58 bits per heavy atom. The minimum atomic E-state index is -0.364. The molecule has 0 spiro atoms. The Morgan fingerprint density at radius 2 is 1.81 bits per heavy atom. The van der Waals surface area contributed by atoms with Gasteiger partial charge in [-0.3, -0.25) is 9.36 Å². The molecule has 7 heteroatoms. The quantitative estimate of drug-likeness (QED) is 0.463. The summed E-state index contributed by atoms with van der Waals surface area (Å²) in [6.07, 6.45) is 3.52. The molecule has 1 aromatic heterocycles. The number of methoxy groups -OCH3 is 2. The van der Waals surface area contributed by atoms with Crippen LogP contribution in [0.4, 0.5) is 0 Å². The van der Waals surface area contributed by atoms with Crippen molar-refractivity contribution in [2.24, 2.45) is 4.99 Å². The van der Waals surface area contributed by atoms with E-state index in [1.807, 2.05) is 30.3 Å². The van der Waals surface area contributed by atoms with Gasteiger partial charge in [-0.25, -0.2) is 4.99 Å². The number of phenols is 1. The number of thiazole rings is 1. The van der Waals surface area contributed by atoms with Crippen molar-refractivity contribution in [2.75, 3.05) is 14.2 Å². The zero-order valence-corrected chi connectivity index (χ0v) is 20.7. The van der Waals surface area contributed by atoms with Gasteiger partial charge < -0.3 is 14.6 Å². The maximum Gasteiger partial charge on any atom is 0.271 e. The van der Waals surface area contributed by atoms with Gasteiger partial charge in [-0.2, -0.15) is 0 Å². The molecule has 6 nitrogen and oxygen atoms in total. The van der Waals surface area contributed by atoms with Crippen LogP contribution in [0, 0.1) is 0 Å². The van der Waals surface area contributed by atoms with E-state index in [4.69, 9.17) is 14.5 Å². The van der Waals surface area contributed by atoms with Crippen molar-refractivity contribution in [3.8, 4) is 17.2 Å². The highest BCUT2D eigenvalue weighted by atomic mass is 32.1. The molecular formula is C29H24N2O4S. The number of rotatable bonds is 4. The number of hydrogen-bond donors (Lipinski definition) is 1. The molecule has 0 saturated heterocycles. The first-order valence-corrected chi connectivity index (χ1v) is 12.5. The summed E-state index contributed by atoms with van der Waals surface area (Å²) in [5.41, 5.74) is 6.01. The van der Waals surface area contributed by atoms with Crippen LogP contribution in [0.25, 0.3) is 11.8 Å². The lowest BCUT2D eigenvalue weighted by molar-refractivity contribution is 0.348. The minimum absolute atomic E-state index is 0.105. The Morgan fingerprint density at radius 1 is 1.00 bits per heavy atom. The number of nitrogens with zero attached hydrogens (tertiary/aromatic N) is 2. The van der Waals surface area contributed by atoms with Crippen molar-refractivity contribution in [1.82, 2.24) is 4.57 Å². The van der Waals surface area contributed by atoms with Crippen LogP contribution < -0.4 is 24.4 Å². The number of fused-ring (bicyclic) bond motifs is 3. The highest BCUT2D eigenvalue weighted by molar-refractivity contribution is 7.07. The smallest absolute Gasteiger partial charge is 0.271 e. The number of ether oxygens (including phenoxy) is 2. The van der Waals surface area contributed by atoms with Crippen molar-refractivity contribution < 1.29 is 14.6 Å². The summed E-state index contributed by atoms with van der Waals surface area (Å²) in [6.45, 7) is 0. The van der Waals surface area contributed by atoms with Crippen LogP contribution in [0.3, 0.4) is 0 Å². The summed E-state index contributed by atoms with van der Waals surface area (Å²) in [5, 5.41) is 9.64. The Kier molecular flexibility index (Phi) is 5.49. The Hall–Kier alpha value is -4.10. The third-order valence-electron chi connectivity index (χ3n) is 6.79. The minimum Gasteiger partial charge on any atom is -0.508 e. The summed E-state index contributed by atoms with van der Waals surface area (Å²) < 4.78 is 13.8. The van der Waals surface area contributed by atoms with Gasteiger partial charge in [0.05, 0.1) is 30.5 Å². The van der Waals surface area contributed by atoms with E-state index in [1.165, 1.54) is 16.9 Å². The molecule has 2 heterocycles. The first-order chi connectivity index (χ1) is 17.6. The van der Waals surface area contributed by atoms with Gasteiger partial charge in [0, 0.05) is 11.1 Å². The molecule has 1 aliphatic heterocycles. The van der Waals surface area contributed by atoms with Gasteiger partial charge in [0.2, 0.25) is 0 Å². The monoisotopic (exact) mass is 496 g/mol. The van der Waals surface area contributed by atoms with Crippen LogP contribution in [0.5, 0.6) is 17.2 Å². The molecule has 180 valence electrons. The molecule has 1 atom stereocenters. The van der Waals surface area contributed by atoms with Gasteiger partial charge in [-0.15, -0.1) is 0 Å². The number of benzene rings is 3. The molecule has 1 aliphatic carbocycles. The number of aromatic nitrogens is 1. The van der Waals surface area contributed by atoms with E-state index in [1.54, 1.807) is 43.1 Å². The van der Waals surface area contributed by atoms with Gasteiger partial charge in [-0.05, 0) is 53.8 Å². The SMILES string of the molecule is COc1cccc([C@H]2C3=C(N=c4s/c(=C\c5ccc(O)cc5)c(=O)n42)c2ccccc2CC3)c1OC. The number of para-hydroxylation sites is 1. The zero-order chi connectivity index (χ0) is 24.8. The molecule has 3 aromatic carbocycles. The van der Waals surface area contributed by atoms with E-state index in [2.05, 4.69) is 18.2 Å². The second-order valence-electron chi connectivity index (χ2n) is 8.79. The van der Waals surface area contributed by atoms with Crippen LogP contribution in [-0.4, -0.2) is 23.9 Å². The summed E-state index contributed by atoms with van der Waals surface area (Å²) in [4.78, 5) is 19.6. The molecule has 0 radical (unpaired) electrons. The van der Waals surface area contributed by atoms with E-state index in [0.717, 1.165) is 40.8 Å². The Balaban J connectivity index is 1.65. The molecule has 0 bridgehead atoms. The summed E-state index contributed by atoms with van der Waals surface area (Å²) in [5.74, 6) is 1.42. The average Bonchev–Trinajstić information content (AvgIpc) is 3.22. The molecule has 0 saturated carbocycles. The highest BCUT2D eigenvalue weighted by Crippen LogP contribution is 2.45.